The second-order valence-electron chi connectivity index (χ2n) is 7.98. The Morgan fingerprint density at radius 1 is 1.17 bits per heavy atom. The van der Waals surface area contributed by atoms with Gasteiger partial charge in [0.2, 0.25) is 0 Å². The minimum absolute atomic E-state index is 0.138. The molecule has 0 aliphatic heterocycles. The fraction of sp³-hybridized carbons (Fsp3) is 0.700. The van der Waals surface area contributed by atoms with Gasteiger partial charge in [0.25, 0.3) is 0 Å². The average Bonchev–Trinajstić information content (AvgIpc) is 2.89. The van der Waals surface area contributed by atoms with E-state index >= 15 is 0 Å². The zero-order chi connectivity index (χ0) is 16.2. The van der Waals surface area contributed by atoms with E-state index in [0.29, 0.717) is 23.9 Å². The lowest BCUT2D eigenvalue weighted by molar-refractivity contribution is -0.0910. The summed E-state index contributed by atoms with van der Waals surface area (Å²) in [5.74, 6) is 2.48. The summed E-state index contributed by atoms with van der Waals surface area (Å²) >= 11 is 0. The molecule has 3 aliphatic carbocycles. The van der Waals surface area contributed by atoms with Crippen molar-refractivity contribution in [1.82, 2.24) is 0 Å². The maximum absolute atomic E-state index is 11.0. The highest BCUT2D eigenvalue weighted by Crippen LogP contribution is 2.61. The van der Waals surface area contributed by atoms with Gasteiger partial charge in [-0.2, -0.15) is 0 Å². The topological polar surface area (TPSA) is 38.7 Å². The van der Waals surface area contributed by atoms with Gasteiger partial charge >= 0.3 is 0 Å². The predicted octanol–water partition coefficient (Wildman–Crippen LogP) is 3.54. The van der Waals surface area contributed by atoms with Crippen LogP contribution in [0.4, 0.5) is 0 Å². The molecule has 0 radical (unpaired) electrons. The first-order valence-electron chi connectivity index (χ1n) is 8.96. The molecule has 126 valence electrons. The fourth-order valence-corrected chi connectivity index (χ4v) is 6.11. The summed E-state index contributed by atoms with van der Waals surface area (Å²) in [6.45, 7) is 2.35. The first kappa shape index (κ1) is 15.5. The summed E-state index contributed by atoms with van der Waals surface area (Å²) in [6, 6.07) is 6.41. The van der Waals surface area contributed by atoms with Gasteiger partial charge in [0.1, 0.15) is 5.75 Å². The van der Waals surface area contributed by atoms with E-state index in [9.17, 15) is 5.11 Å². The van der Waals surface area contributed by atoms with Crippen LogP contribution in [0.2, 0.25) is 0 Å². The molecule has 3 nitrogen and oxygen atoms in total. The van der Waals surface area contributed by atoms with E-state index < -0.39 is 0 Å². The summed E-state index contributed by atoms with van der Waals surface area (Å²) in [5, 5.41) is 11.0. The van der Waals surface area contributed by atoms with Gasteiger partial charge in [-0.15, -0.1) is 0 Å². The van der Waals surface area contributed by atoms with Crippen molar-refractivity contribution in [2.24, 2.45) is 17.3 Å². The van der Waals surface area contributed by atoms with Crippen molar-refractivity contribution in [3.63, 3.8) is 0 Å². The van der Waals surface area contributed by atoms with Gasteiger partial charge in [0, 0.05) is 13.0 Å². The van der Waals surface area contributed by atoms with Crippen LogP contribution in [0.25, 0.3) is 0 Å². The Hall–Kier alpha value is -1.06. The van der Waals surface area contributed by atoms with Gasteiger partial charge in [-0.25, -0.2) is 0 Å². The van der Waals surface area contributed by atoms with Crippen molar-refractivity contribution in [3.05, 3.63) is 29.3 Å². The van der Waals surface area contributed by atoms with Crippen molar-refractivity contribution in [3.8, 4) is 5.75 Å². The second kappa shape index (κ2) is 5.49. The van der Waals surface area contributed by atoms with Crippen molar-refractivity contribution in [2.75, 3.05) is 14.2 Å². The van der Waals surface area contributed by atoms with Crippen LogP contribution in [-0.2, 0) is 11.2 Å². The molecule has 2 saturated carbocycles. The van der Waals surface area contributed by atoms with E-state index in [1.54, 1.807) is 7.11 Å². The van der Waals surface area contributed by atoms with Crippen LogP contribution in [0.1, 0.15) is 49.7 Å². The minimum Gasteiger partial charge on any atom is -0.497 e. The maximum Gasteiger partial charge on any atom is 0.119 e. The van der Waals surface area contributed by atoms with Crippen LogP contribution in [0.5, 0.6) is 5.75 Å². The Bertz CT molecular complexity index is 599. The van der Waals surface area contributed by atoms with Crippen LogP contribution in [0.3, 0.4) is 0 Å². The lowest BCUT2D eigenvalue weighted by Gasteiger charge is -2.52. The molecule has 0 aromatic heterocycles. The van der Waals surface area contributed by atoms with E-state index in [4.69, 9.17) is 9.47 Å². The molecule has 0 heterocycles. The van der Waals surface area contributed by atoms with Crippen LogP contribution in [0, 0.1) is 17.3 Å². The zero-order valence-electron chi connectivity index (χ0n) is 14.4. The molecule has 1 aromatic rings. The number of methoxy groups -OCH3 is 2. The summed E-state index contributed by atoms with van der Waals surface area (Å²) in [7, 11) is 3.55. The molecule has 1 aromatic carbocycles. The largest absolute Gasteiger partial charge is 0.497 e. The summed E-state index contributed by atoms with van der Waals surface area (Å²) in [5.41, 5.74) is 2.87. The number of ether oxygens (including phenoxy) is 2. The van der Waals surface area contributed by atoms with Crippen molar-refractivity contribution in [1.29, 1.82) is 0 Å². The molecule has 23 heavy (non-hydrogen) atoms. The van der Waals surface area contributed by atoms with E-state index in [0.717, 1.165) is 25.0 Å². The molecule has 0 unspecified atom stereocenters. The van der Waals surface area contributed by atoms with Crippen LogP contribution < -0.4 is 4.74 Å². The molecule has 0 amide bonds. The van der Waals surface area contributed by atoms with Gasteiger partial charge in [-0.1, -0.05) is 13.0 Å². The lowest BCUT2D eigenvalue weighted by Crippen LogP contribution is -2.50. The molecule has 0 bridgehead atoms. The molecule has 2 fully saturated rings. The normalized spacial score (nSPS) is 41.8. The molecule has 0 saturated heterocycles. The van der Waals surface area contributed by atoms with Crippen molar-refractivity contribution >= 4 is 0 Å². The third kappa shape index (κ3) is 2.16. The molecule has 4 rings (SSSR count). The van der Waals surface area contributed by atoms with Gasteiger partial charge in [-0.3, -0.25) is 0 Å². The Balaban J connectivity index is 1.71. The number of hydrogen-bond donors (Lipinski definition) is 1. The van der Waals surface area contributed by atoms with Gasteiger partial charge in [0.05, 0.1) is 19.3 Å². The van der Waals surface area contributed by atoms with E-state index in [1.807, 2.05) is 13.2 Å². The number of fused-ring (bicyclic) bond motifs is 5. The Labute approximate surface area is 139 Å². The monoisotopic (exact) mass is 316 g/mol. The maximum atomic E-state index is 11.0. The van der Waals surface area contributed by atoms with Crippen molar-refractivity contribution in [2.45, 2.75) is 57.2 Å². The van der Waals surface area contributed by atoms with E-state index in [1.165, 1.54) is 24.0 Å². The first-order chi connectivity index (χ1) is 11.1. The average molecular weight is 316 g/mol. The highest BCUT2D eigenvalue weighted by molar-refractivity contribution is 5.41. The smallest absolute Gasteiger partial charge is 0.119 e. The number of hydrogen-bond acceptors (Lipinski definition) is 3. The van der Waals surface area contributed by atoms with Crippen LogP contribution >= 0.6 is 0 Å². The zero-order valence-corrected chi connectivity index (χ0v) is 14.4. The van der Waals surface area contributed by atoms with Crippen LogP contribution in [-0.4, -0.2) is 31.5 Å². The molecular weight excluding hydrogens is 288 g/mol. The standard InChI is InChI=1S/C20H28O3/c1-20-11-17(21)19-14-7-5-13(22-2)10-12(14)4-6-15(19)16(20)8-9-18(20)23-3/h5,7,10,15-19,21H,4,6,8-9,11H2,1-3H3/t15-,16-,17+,18-,19+,20-/m0/s1. The van der Waals surface area contributed by atoms with E-state index in [-0.39, 0.29) is 11.5 Å². The van der Waals surface area contributed by atoms with E-state index in [2.05, 4.69) is 19.1 Å². The summed E-state index contributed by atoms with van der Waals surface area (Å²) in [4.78, 5) is 0. The number of aryl methyl sites for hydroxylation is 1. The molecule has 0 spiro atoms. The summed E-state index contributed by atoms with van der Waals surface area (Å²) in [6.07, 6.45) is 5.58. The Morgan fingerprint density at radius 2 is 2.00 bits per heavy atom. The van der Waals surface area contributed by atoms with Crippen molar-refractivity contribution < 1.29 is 14.6 Å². The molecular formula is C20H28O3. The molecule has 3 aliphatic rings. The number of benzene rings is 1. The third-order valence-corrected chi connectivity index (χ3v) is 7.10. The Morgan fingerprint density at radius 3 is 2.74 bits per heavy atom. The first-order valence-corrected chi connectivity index (χ1v) is 8.96. The number of aliphatic hydroxyl groups excluding tert-OH is 1. The quantitative estimate of drug-likeness (QED) is 0.907. The lowest BCUT2D eigenvalue weighted by atomic mass is 9.54. The number of rotatable bonds is 2. The molecule has 1 N–H and O–H groups in total. The Kier molecular flexibility index (Phi) is 3.69. The highest BCUT2D eigenvalue weighted by atomic mass is 16.5. The SMILES string of the molecule is COc1ccc2c(c1)CC[C@@H]1[C@@H]2[C@H](O)C[C@]2(C)[C@@H](OC)CC[C@@H]12. The number of aliphatic hydroxyl groups is 1. The fourth-order valence-electron chi connectivity index (χ4n) is 6.11. The van der Waals surface area contributed by atoms with Gasteiger partial charge in [-0.05, 0) is 72.6 Å². The third-order valence-electron chi connectivity index (χ3n) is 7.10. The second-order valence-corrected chi connectivity index (χ2v) is 7.98. The summed E-state index contributed by atoms with van der Waals surface area (Å²) < 4.78 is 11.2. The highest BCUT2D eigenvalue weighted by Gasteiger charge is 2.57. The van der Waals surface area contributed by atoms with Gasteiger partial charge in [0.15, 0.2) is 0 Å². The molecule has 3 heteroatoms. The molecule has 6 atom stereocenters. The minimum atomic E-state index is -0.260. The van der Waals surface area contributed by atoms with Gasteiger partial charge < -0.3 is 14.6 Å². The predicted molar refractivity (Wildman–Crippen MR) is 89.8 cm³/mol. The van der Waals surface area contributed by atoms with Crippen LogP contribution in [0.15, 0.2) is 18.2 Å².